The lowest BCUT2D eigenvalue weighted by molar-refractivity contribution is -0.132. The molecule has 3 rings (SSSR count). The molecule has 0 fully saturated rings. The summed E-state index contributed by atoms with van der Waals surface area (Å²) in [5, 5.41) is 17.7. The van der Waals surface area contributed by atoms with Crippen LogP contribution in [0.1, 0.15) is 36.2 Å². The number of nitrogens with zero attached hydrogens (tertiary/aromatic N) is 2. The Kier molecular flexibility index (Phi) is 3.75. The molecule has 1 unspecified atom stereocenters. The zero-order chi connectivity index (χ0) is 14.8. The maximum atomic E-state index is 12.1. The summed E-state index contributed by atoms with van der Waals surface area (Å²) in [4.78, 5) is 13.3. The maximum absolute atomic E-state index is 12.1. The van der Waals surface area contributed by atoms with Gasteiger partial charge in [-0.3, -0.25) is 4.79 Å². The first-order valence-corrected chi connectivity index (χ1v) is 7.79. The monoisotopic (exact) mass is 300 g/mol. The van der Waals surface area contributed by atoms with Crippen LogP contribution in [0.2, 0.25) is 0 Å². The lowest BCUT2D eigenvalue weighted by atomic mass is 10.0. The predicted molar refractivity (Wildman–Crippen MR) is 83.5 cm³/mol. The third-order valence-electron chi connectivity index (χ3n) is 3.52. The van der Waals surface area contributed by atoms with Gasteiger partial charge in [-0.05, 0) is 23.6 Å². The smallest absolute Gasteiger partial charge is 0.243 e. The van der Waals surface area contributed by atoms with Gasteiger partial charge in [-0.2, -0.15) is 5.10 Å². The summed E-state index contributed by atoms with van der Waals surface area (Å²) in [6.45, 7) is 1.84. The molecule has 0 aliphatic carbocycles. The van der Waals surface area contributed by atoms with Gasteiger partial charge in [0, 0.05) is 23.3 Å². The number of rotatable bonds is 3. The van der Waals surface area contributed by atoms with Gasteiger partial charge in [-0.1, -0.05) is 25.1 Å². The fourth-order valence-corrected chi connectivity index (χ4v) is 3.28. The molecule has 1 aromatic heterocycles. The molecule has 0 bridgehead atoms. The highest BCUT2D eigenvalue weighted by Gasteiger charge is 2.32. The van der Waals surface area contributed by atoms with Crippen LogP contribution in [0.5, 0.6) is 5.75 Å². The van der Waals surface area contributed by atoms with Crippen LogP contribution in [0, 0.1) is 0 Å². The van der Waals surface area contributed by atoms with Gasteiger partial charge in [0.25, 0.3) is 0 Å². The first-order valence-electron chi connectivity index (χ1n) is 6.91. The van der Waals surface area contributed by atoms with Crippen molar-refractivity contribution in [3.63, 3.8) is 0 Å². The maximum Gasteiger partial charge on any atom is 0.243 e. The number of phenolic OH excluding ortho intramolecular Hbond substituents is 1. The van der Waals surface area contributed by atoms with Crippen molar-refractivity contribution >= 4 is 23.0 Å². The second kappa shape index (κ2) is 5.69. The first-order chi connectivity index (χ1) is 10.2. The topological polar surface area (TPSA) is 52.9 Å². The van der Waals surface area contributed by atoms with Gasteiger partial charge in [-0.15, -0.1) is 11.3 Å². The molecule has 1 amide bonds. The molecule has 108 valence electrons. The zero-order valence-electron chi connectivity index (χ0n) is 11.7. The van der Waals surface area contributed by atoms with Gasteiger partial charge in [0.15, 0.2) is 0 Å². The Morgan fingerprint density at radius 3 is 2.95 bits per heavy atom. The lowest BCUT2D eigenvalue weighted by Gasteiger charge is -2.19. The summed E-state index contributed by atoms with van der Waals surface area (Å²) < 4.78 is 0. The molecule has 1 aromatic carbocycles. The third-order valence-corrected chi connectivity index (χ3v) is 4.49. The molecular weight excluding hydrogens is 284 g/mol. The van der Waals surface area contributed by atoms with Crippen molar-refractivity contribution in [1.82, 2.24) is 5.01 Å². The highest BCUT2D eigenvalue weighted by molar-refractivity contribution is 7.10. The summed E-state index contributed by atoms with van der Waals surface area (Å²) >= 11 is 1.64. The van der Waals surface area contributed by atoms with Crippen LogP contribution in [0.3, 0.4) is 0 Å². The van der Waals surface area contributed by atoms with Crippen LogP contribution in [0.25, 0.3) is 0 Å². The summed E-state index contributed by atoms with van der Waals surface area (Å²) in [6, 6.07) is 11.0. The van der Waals surface area contributed by atoms with Crippen LogP contribution >= 0.6 is 11.3 Å². The average Bonchev–Trinajstić information content (AvgIpc) is 3.15. The summed E-state index contributed by atoms with van der Waals surface area (Å²) in [5.41, 5.74) is 1.70. The molecule has 21 heavy (non-hydrogen) atoms. The quantitative estimate of drug-likeness (QED) is 0.942. The Balaban J connectivity index is 1.95. The van der Waals surface area contributed by atoms with Gasteiger partial charge in [0.05, 0.1) is 11.8 Å². The van der Waals surface area contributed by atoms with E-state index in [0.29, 0.717) is 12.8 Å². The predicted octanol–water partition coefficient (Wildman–Crippen LogP) is 3.54. The number of carbonyl (C=O) groups is 1. The van der Waals surface area contributed by atoms with Gasteiger partial charge < -0.3 is 5.11 Å². The Hall–Kier alpha value is -2.14. The van der Waals surface area contributed by atoms with Crippen molar-refractivity contribution in [3.05, 3.63) is 52.2 Å². The third kappa shape index (κ3) is 2.69. The Morgan fingerprint density at radius 1 is 1.43 bits per heavy atom. The zero-order valence-corrected chi connectivity index (χ0v) is 12.5. The van der Waals surface area contributed by atoms with E-state index in [1.54, 1.807) is 34.5 Å². The van der Waals surface area contributed by atoms with E-state index < -0.39 is 0 Å². The molecule has 1 N–H and O–H groups in total. The Labute approximate surface area is 127 Å². The van der Waals surface area contributed by atoms with Crippen LogP contribution in [0.4, 0.5) is 0 Å². The summed E-state index contributed by atoms with van der Waals surface area (Å²) in [7, 11) is 0. The molecule has 5 heteroatoms. The van der Waals surface area contributed by atoms with E-state index in [2.05, 4.69) is 5.10 Å². The fourth-order valence-electron chi connectivity index (χ4n) is 2.46. The summed E-state index contributed by atoms with van der Waals surface area (Å²) in [6.07, 6.45) is 1.11. The van der Waals surface area contributed by atoms with Gasteiger partial charge in [-0.25, -0.2) is 5.01 Å². The Bertz CT molecular complexity index is 679. The van der Waals surface area contributed by atoms with Crippen LogP contribution < -0.4 is 0 Å². The average molecular weight is 300 g/mol. The number of aromatic hydroxyl groups is 1. The number of hydrogen-bond donors (Lipinski definition) is 1. The minimum absolute atomic E-state index is 0.0172. The molecule has 1 atom stereocenters. The second-order valence-electron chi connectivity index (χ2n) is 4.92. The van der Waals surface area contributed by atoms with E-state index in [1.165, 1.54) is 0 Å². The molecule has 2 heterocycles. The van der Waals surface area contributed by atoms with E-state index in [4.69, 9.17) is 0 Å². The molecule has 0 saturated heterocycles. The van der Waals surface area contributed by atoms with E-state index in [0.717, 1.165) is 16.2 Å². The first kappa shape index (κ1) is 13.8. The number of thiophene rings is 1. The number of amides is 1. The number of phenols is 1. The van der Waals surface area contributed by atoms with Gasteiger partial charge in [0.2, 0.25) is 5.91 Å². The molecule has 0 spiro atoms. The molecule has 0 saturated carbocycles. The van der Waals surface area contributed by atoms with E-state index in [9.17, 15) is 9.90 Å². The lowest BCUT2D eigenvalue weighted by Crippen LogP contribution is -2.25. The van der Waals surface area contributed by atoms with Crippen molar-refractivity contribution < 1.29 is 9.90 Å². The van der Waals surface area contributed by atoms with Gasteiger partial charge >= 0.3 is 0 Å². The minimum Gasteiger partial charge on any atom is -0.508 e. The van der Waals surface area contributed by atoms with E-state index in [-0.39, 0.29) is 17.7 Å². The Morgan fingerprint density at radius 2 is 2.29 bits per heavy atom. The highest BCUT2D eigenvalue weighted by Crippen LogP contribution is 2.35. The van der Waals surface area contributed by atoms with Crippen LogP contribution in [-0.2, 0) is 4.79 Å². The van der Waals surface area contributed by atoms with E-state index in [1.807, 2.05) is 30.5 Å². The largest absolute Gasteiger partial charge is 0.508 e. The number of hydrazone groups is 1. The summed E-state index contributed by atoms with van der Waals surface area (Å²) in [5.74, 6) is 0.228. The number of hydrogen-bond acceptors (Lipinski definition) is 4. The number of benzene rings is 1. The fraction of sp³-hybridized carbons (Fsp3) is 0.250. The molecule has 1 aliphatic heterocycles. The molecule has 2 aromatic rings. The highest BCUT2D eigenvalue weighted by atomic mass is 32.1. The van der Waals surface area contributed by atoms with E-state index >= 15 is 0 Å². The standard InChI is InChI=1S/C16H16N2O2S/c1-2-16(20)18-14(15-7-4-8-21-15)10-13(17-18)11-5-3-6-12(19)9-11/h3-9,14,19H,2,10H2,1H3. The molecule has 4 nitrogen and oxygen atoms in total. The second-order valence-corrected chi connectivity index (χ2v) is 5.90. The van der Waals surface area contributed by atoms with Crippen molar-refractivity contribution in [2.45, 2.75) is 25.8 Å². The van der Waals surface area contributed by atoms with Crippen LogP contribution in [-0.4, -0.2) is 21.7 Å². The van der Waals surface area contributed by atoms with Gasteiger partial charge in [0.1, 0.15) is 5.75 Å². The normalized spacial score (nSPS) is 17.9. The molecule has 1 aliphatic rings. The number of carbonyl (C=O) groups excluding carboxylic acids is 1. The van der Waals surface area contributed by atoms with Crippen molar-refractivity contribution in [2.24, 2.45) is 5.10 Å². The van der Waals surface area contributed by atoms with Crippen molar-refractivity contribution in [2.75, 3.05) is 0 Å². The molecular formula is C16H16N2O2S. The van der Waals surface area contributed by atoms with Crippen LogP contribution in [0.15, 0.2) is 46.9 Å². The molecule has 0 radical (unpaired) electrons. The van der Waals surface area contributed by atoms with Crippen molar-refractivity contribution in [1.29, 1.82) is 0 Å². The van der Waals surface area contributed by atoms with Crippen molar-refractivity contribution in [3.8, 4) is 5.75 Å². The SMILES string of the molecule is CCC(=O)N1N=C(c2cccc(O)c2)CC1c1cccs1. The minimum atomic E-state index is -0.0326.